The van der Waals surface area contributed by atoms with E-state index < -0.39 is 5.41 Å². The molecule has 1 aliphatic heterocycles. The van der Waals surface area contributed by atoms with Crippen LogP contribution in [0.2, 0.25) is 0 Å². The largest absolute Gasteiger partial charge is 0.457 e. The number of hydrogen-bond donors (Lipinski definition) is 0. The Morgan fingerprint density at radius 3 is 1.55 bits per heavy atom. The van der Waals surface area contributed by atoms with Crippen molar-refractivity contribution in [1.82, 2.24) is 19.9 Å². The number of rotatable bonds is 5. The van der Waals surface area contributed by atoms with E-state index >= 15 is 0 Å². The molecule has 1 aliphatic carbocycles. The van der Waals surface area contributed by atoms with Crippen molar-refractivity contribution in [3.05, 3.63) is 229 Å². The van der Waals surface area contributed by atoms with Crippen LogP contribution in [0.5, 0.6) is 11.5 Å². The predicted molar refractivity (Wildman–Crippen MR) is 240 cm³/mol. The van der Waals surface area contributed by atoms with Crippen LogP contribution in [0.25, 0.3) is 78.4 Å². The second-order valence-corrected chi connectivity index (χ2v) is 15.4. The second kappa shape index (κ2) is 13.5. The molecule has 0 saturated carbocycles. The summed E-state index contributed by atoms with van der Waals surface area (Å²) in [5.41, 5.74) is 14.4. The molecule has 0 atom stereocenters. The number of benzene rings is 8. The molecule has 0 saturated heterocycles. The van der Waals surface area contributed by atoms with E-state index in [4.69, 9.17) is 24.7 Å². The molecule has 0 radical (unpaired) electrons. The lowest BCUT2D eigenvalue weighted by Crippen LogP contribution is -2.32. The van der Waals surface area contributed by atoms with E-state index in [1.54, 1.807) is 0 Å². The van der Waals surface area contributed by atoms with Gasteiger partial charge in [0.2, 0.25) is 0 Å². The minimum atomic E-state index is -0.624. The summed E-state index contributed by atoms with van der Waals surface area (Å²) >= 11 is 0. The van der Waals surface area contributed by atoms with Gasteiger partial charge in [0.05, 0.1) is 10.9 Å². The minimum absolute atomic E-state index is 0.608. The van der Waals surface area contributed by atoms with Crippen molar-refractivity contribution >= 4 is 10.9 Å². The fourth-order valence-electron chi connectivity index (χ4n) is 9.37. The molecule has 0 amide bonds. The van der Waals surface area contributed by atoms with E-state index in [1.165, 1.54) is 11.1 Å². The standard InChI is InChI=1S/C55H34N4O/c1-3-14-35(15-4-1)38-19-11-20-40(32-38)53-57-52(37-16-5-2-6-17-37)58-54(59-53)41-28-30-46-44(34-41)43-33-39(42-22-12-18-36-21-13-31-56-51(36)42)27-29-45(43)55(46)47-23-7-9-25-49(47)60-50-26-10-8-24-48(50)55/h1-34H. The number of fused-ring (bicyclic) bond motifs is 10. The number of para-hydroxylation sites is 3. The van der Waals surface area contributed by atoms with Gasteiger partial charge in [0.1, 0.15) is 11.5 Å². The summed E-state index contributed by atoms with van der Waals surface area (Å²) in [7, 11) is 0. The monoisotopic (exact) mass is 766 g/mol. The van der Waals surface area contributed by atoms with Crippen LogP contribution in [0.15, 0.2) is 206 Å². The Kier molecular flexibility index (Phi) is 7.69. The van der Waals surface area contributed by atoms with Crippen LogP contribution in [0.4, 0.5) is 0 Å². The average molecular weight is 767 g/mol. The maximum Gasteiger partial charge on any atom is 0.164 e. The van der Waals surface area contributed by atoms with Gasteiger partial charge in [-0.1, -0.05) is 164 Å². The van der Waals surface area contributed by atoms with Gasteiger partial charge in [-0.25, -0.2) is 15.0 Å². The molecule has 0 unspecified atom stereocenters. The van der Waals surface area contributed by atoms with E-state index in [2.05, 4.69) is 170 Å². The third kappa shape index (κ3) is 5.26. The van der Waals surface area contributed by atoms with Crippen LogP contribution in [0.1, 0.15) is 22.3 Å². The molecule has 12 rings (SSSR count). The van der Waals surface area contributed by atoms with Crippen LogP contribution < -0.4 is 4.74 Å². The summed E-state index contributed by atoms with van der Waals surface area (Å²) in [6, 6.07) is 70.1. The number of nitrogens with zero attached hydrogens (tertiary/aromatic N) is 4. The van der Waals surface area contributed by atoms with Crippen molar-refractivity contribution in [2.75, 3.05) is 0 Å². The summed E-state index contributed by atoms with van der Waals surface area (Å²) in [4.78, 5) is 20.4. The molecule has 3 heterocycles. The Morgan fingerprint density at radius 2 is 0.850 bits per heavy atom. The quantitative estimate of drug-likeness (QED) is 0.175. The van der Waals surface area contributed by atoms with Gasteiger partial charge in [-0.05, 0) is 75.3 Å². The highest BCUT2D eigenvalue weighted by Gasteiger charge is 2.51. The molecule has 2 aliphatic rings. The zero-order valence-corrected chi connectivity index (χ0v) is 32.3. The SMILES string of the molecule is c1ccc(-c2cccc(-c3nc(-c4ccccc4)nc(-c4ccc5c(c4)-c4cc(-c6cccc7cccnc67)ccc4C54c5ccccc5Oc5ccccc54)n3)c2)cc1. The normalized spacial score (nSPS) is 12.9. The van der Waals surface area contributed by atoms with Crippen LogP contribution >= 0.6 is 0 Å². The molecule has 8 aromatic carbocycles. The van der Waals surface area contributed by atoms with Gasteiger partial charge in [-0.3, -0.25) is 4.98 Å². The molecule has 5 nitrogen and oxygen atoms in total. The molecular formula is C55H34N4O. The van der Waals surface area contributed by atoms with Crippen LogP contribution in [-0.2, 0) is 5.41 Å². The molecule has 0 N–H and O–H groups in total. The first kappa shape index (κ1) is 34.1. The van der Waals surface area contributed by atoms with Gasteiger partial charge in [0.25, 0.3) is 0 Å². The molecule has 10 aromatic rings. The van der Waals surface area contributed by atoms with Gasteiger partial charge >= 0.3 is 0 Å². The zero-order valence-electron chi connectivity index (χ0n) is 32.3. The van der Waals surface area contributed by atoms with Crippen molar-refractivity contribution < 1.29 is 4.74 Å². The first-order valence-electron chi connectivity index (χ1n) is 20.2. The van der Waals surface area contributed by atoms with Gasteiger partial charge in [-0.15, -0.1) is 0 Å². The number of hydrogen-bond acceptors (Lipinski definition) is 5. The molecule has 280 valence electrons. The summed E-state index contributed by atoms with van der Waals surface area (Å²) in [6.07, 6.45) is 1.87. The van der Waals surface area contributed by atoms with Crippen LogP contribution in [0, 0.1) is 0 Å². The Hall–Kier alpha value is -8.02. The van der Waals surface area contributed by atoms with Crippen molar-refractivity contribution in [1.29, 1.82) is 0 Å². The molecule has 0 bridgehead atoms. The van der Waals surface area contributed by atoms with Crippen molar-refractivity contribution in [3.63, 3.8) is 0 Å². The highest BCUT2D eigenvalue weighted by atomic mass is 16.5. The molecule has 0 fully saturated rings. The average Bonchev–Trinajstić information content (AvgIpc) is 3.61. The summed E-state index contributed by atoms with van der Waals surface area (Å²) in [5, 5.41) is 1.11. The zero-order chi connectivity index (χ0) is 39.6. The third-order valence-electron chi connectivity index (χ3n) is 12.0. The lowest BCUT2D eigenvalue weighted by Gasteiger charge is -2.39. The van der Waals surface area contributed by atoms with Crippen LogP contribution in [-0.4, -0.2) is 19.9 Å². The minimum Gasteiger partial charge on any atom is -0.457 e. The number of pyridine rings is 1. The smallest absolute Gasteiger partial charge is 0.164 e. The molecule has 5 heteroatoms. The second-order valence-electron chi connectivity index (χ2n) is 15.4. The van der Waals surface area contributed by atoms with Crippen molar-refractivity contribution in [3.8, 4) is 79.0 Å². The van der Waals surface area contributed by atoms with Gasteiger partial charge in [0, 0.05) is 45.0 Å². The summed E-state index contributed by atoms with van der Waals surface area (Å²) in [6.45, 7) is 0. The Morgan fingerprint density at radius 1 is 0.333 bits per heavy atom. The maximum atomic E-state index is 6.64. The highest BCUT2D eigenvalue weighted by molar-refractivity contribution is 5.97. The van der Waals surface area contributed by atoms with Gasteiger partial charge in [0.15, 0.2) is 17.5 Å². The van der Waals surface area contributed by atoms with E-state index in [1.807, 2.05) is 36.5 Å². The maximum absolute atomic E-state index is 6.64. The third-order valence-corrected chi connectivity index (χ3v) is 12.0. The Balaban J connectivity index is 1.10. The van der Waals surface area contributed by atoms with E-state index in [0.717, 1.165) is 83.6 Å². The fraction of sp³-hybridized carbons (Fsp3) is 0.0182. The Bertz CT molecular complexity index is 3260. The number of ether oxygens (including phenoxy) is 1. The molecule has 1 spiro atoms. The first-order chi connectivity index (χ1) is 29.7. The van der Waals surface area contributed by atoms with Gasteiger partial charge in [-0.2, -0.15) is 0 Å². The molecule has 60 heavy (non-hydrogen) atoms. The van der Waals surface area contributed by atoms with Gasteiger partial charge < -0.3 is 4.74 Å². The van der Waals surface area contributed by atoms with E-state index in [9.17, 15) is 0 Å². The topological polar surface area (TPSA) is 60.8 Å². The predicted octanol–water partition coefficient (Wildman–Crippen LogP) is 13.2. The lowest BCUT2D eigenvalue weighted by molar-refractivity contribution is 0.436. The number of aromatic nitrogens is 4. The van der Waals surface area contributed by atoms with Crippen molar-refractivity contribution in [2.24, 2.45) is 0 Å². The summed E-state index contributed by atoms with van der Waals surface area (Å²) < 4.78 is 6.64. The molecule has 2 aromatic heterocycles. The van der Waals surface area contributed by atoms with Crippen LogP contribution in [0.3, 0.4) is 0 Å². The Labute approximate surface area is 347 Å². The van der Waals surface area contributed by atoms with E-state index in [0.29, 0.717) is 17.5 Å². The fourth-order valence-corrected chi connectivity index (χ4v) is 9.37. The summed E-state index contributed by atoms with van der Waals surface area (Å²) in [5.74, 6) is 3.56. The van der Waals surface area contributed by atoms with E-state index in [-0.39, 0.29) is 0 Å². The highest BCUT2D eigenvalue weighted by Crippen LogP contribution is 2.62. The van der Waals surface area contributed by atoms with Crippen molar-refractivity contribution in [2.45, 2.75) is 5.41 Å². The first-order valence-corrected chi connectivity index (χ1v) is 20.2. The molecular weight excluding hydrogens is 733 g/mol. The lowest BCUT2D eigenvalue weighted by atomic mass is 9.66.